The molecule has 0 bridgehead atoms. The molecule has 0 saturated heterocycles. The van der Waals surface area contributed by atoms with E-state index in [0.717, 1.165) is 18.6 Å². The van der Waals surface area contributed by atoms with Gasteiger partial charge in [-0.25, -0.2) is 0 Å². The van der Waals surface area contributed by atoms with Crippen molar-refractivity contribution >= 4 is 0 Å². The lowest BCUT2D eigenvalue weighted by atomic mass is 10.0. The Morgan fingerprint density at radius 1 is 1.31 bits per heavy atom. The molecule has 1 rings (SSSR count). The van der Waals surface area contributed by atoms with E-state index in [0.29, 0.717) is 0 Å². The zero-order chi connectivity index (χ0) is 9.52. The minimum absolute atomic E-state index is 0.794. The molecular formula is C11H23NO. The first-order valence-corrected chi connectivity index (χ1v) is 5.54. The van der Waals surface area contributed by atoms with Crippen molar-refractivity contribution in [3.8, 4) is 0 Å². The fourth-order valence-corrected chi connectivity index (χ4v) is 1.90. The summed E-state index contributed by atoms with van der Waals surface area (Å²) in [6, 6.07) is 0.794. The van der Waals surface area contributed by atoms with Gasteiger partial charge in [-0.3, -0.25) is 0 Å². The molecule has 0 radical (unpaired) electrons. The number of hydrogen-bond donors (Lipinski definition) is 1. The van der Waals surface area contributed by atoms with E-state index in [2.05, 4.69) is 12.4 Å². The van der Waals surface area contributed by atoms with Crippen LogP contribution in [-0.4, -0.2) is 26.8 Å². The molecule has 2 heteroatoms. The second-order valence-electron chi connectivity index (χ2n) is 4.07. The normalized spacial score (nSPS) is 18.9. The van der Waals surface area contributed by atoms with Gasteiger partial charge in [-0.15, -0.1) is 0 Å². The predicted molar refractivity (Wildman–Crippen MR) is 55.9 cm³/mol. The highest BCUT2D eigenvalue weighted by atomic mass is 16.5. The fourth-order valence-electron chi connectivity index (χ4n) is 1.90. The molecule has 1 aliphatic carbocycles. The van der Waals surface area contributed by atoms with E-state index in [9.17, 15) is 0 Å². The van der Waals surface area contributed by atoms with Crippen LogP contribution in [0.4, 0.5) is 0 Å². The van der Waals surface area contributed by atoms with Crippen molar-refractivity contribution in [3.05, 3.63) is 0 Å². The number of ether oxygens (including phenoxy) is 1. The summed E-state index contributed by atoms with van der Waals surface area (Å²) in [7, 11) is 3.87. The SMILES string of the molecule is CNC(CCCCCOC)C1CC1. The molecule has 1 N–H and O–H groups in total. The third-order valence-corrected chi connectivity index (χ3v) is 2.93. The number of methoxy groups -OCH3 is 1. The quantitative estimate of drug-likeness (QED) is 0.585. The first-order chi connectivity index (χ1) is 6.38. The molecule has 13 heavy (non-hydrogen) atoms. The lowest BCUT2D eigenvalue weighted by Gasteiger charge is -2.14. The Balaban J connectivity index is 1.90. The van der Waals surface area contributed by atoms with Crippen molar-refractivity contribution in [1.82, 2.24) is 5.32 Å². The molecule has 0 aromatic heterocycles. The summed E-state index contributed by atoms with van der Waals surface area (Å²) in [6.45, 7) is 0.924. The molecule has 1 saturated carbocycles. The highest BCUT2D eigenvalue weighted by molar-refractivity contribution is 4.85. The van der Waals surface area contributed by atoms with Crippen molar-refractivity contribution < 1.29 is 4.74 Å². The van der Waals surface area contributed by atoms with Crippen LogP contribution in [0.5, 0.6) is 0 Å². The molecule has 0 amide bonds. The van der Waals surface area contributed by atoms with Crippen LogP contribution in [0.3, 0.4) is 0 Å². The van der Waals surface area contributed by atoms with Crippen molar-refractivity contribution in [3.63, 3.8) is 0 Å². The third kappa shape index (κ3) is 4.63. The van der Waals surface area contributed by atoms with Crippen LogP contribution in [0.15, 0.2) is 0 Å². The van der Waals surface area contributed by atoms with Crippen molar-refractivity contribution in [2.75, 3.05) is 20.8 Å². The molecule has 78 valence electrons. The highest BCUT2D eigenvalue weighted by Crippen LogP contribution is 2.34. The molecule has 1 unspecified atom stereocenters. The Morgan fingerprint density at radius 3 is 2.62 bits per heavy atom. The van der Waals surface area contributed by atoms with Crippen LogP contribution in [-0.2, 0) is 4.74 Å². The second-order valence-corrected chi connectivity index (χ2v) is 4.07. The predicted octanol–water partition coefficient (Wildman–Crippen LogP) is 2.19. The summed E-state index contributed by atoms with van der Waals surface area (Å²) in [4.78, 5) is 0. The van der Waals surface area contributed by atoms with Crippen LogP contribution >= 0.6 is 0 Å². The molecule has 0 spiro atoms. The van der Waals surface area contributed by atoms with E-state index in [1.165, 1.54) is 38.5 Å². The first kappa shape index (κ1) is 11.0. The Kier molecular flexibility index (Phi) is 5.40. The molecule has 1 fully saturated rings. The minimum Gasteiger partial charge on any atom is -0.385 e. The van der Waals surface area contributed by atoms with Gasteiger partial charge < -0.3 is 10.1 Å². The molecular weight excluding hydrogens is 162 g/mol. The Bertz CT molecular complexity index is 123. The molecule has 0 heterocycles. The van der Waals surface area contributed by atoms with Crippen LogP contribution < -0.4 is 5.32 Å². The van der Waals surface area contributed by atoms with E-state index in [-0.39, 0.29) is 0 Å². The third-order valence-electron chi connectivity index (χ3n) is 2.93. The lowest BCUT2D eigenvalue weighted by Crippen LogP contribution is -2.27. The van der Waals surface area contributed by atoms with Gasteiger partial charge in [-0.2, -0.15) is 0 Å². The van der Waals surface area contributed by atoms with Crippen LogP contribution in [0.2, 0.25) is 0 Å². The van der Waals surface area contributed by atoms with Crippen LogP contribution in [0.25, 0.3) is 0 Å². The van der Waals surface area contributed by atoms with Gasteiger partial charge in [-0.05, 0) is 38.6 Å². The van der Waals surface area contributed by atoms with E-state index in [1.54, 1.807) is 7.11 Å². The minimum atomic E-state index is 0.794. The van der Waals surface area contributed by atoms with Crippen molar-refractivity contribution in [2.24, 2.45) is 5.92 Å². The highest BCUT2D eigenvalue weighted by Gasteiger charge is 2.29. The summed E-state index contributed by atoms with van der Waals surface area (Å²) < 4.78 is 5.02. The largest absolute Gasteiger partial charge is 0.385 e. The molecule has 0 aliphatic heterocycles. The maximum atomic E-state index is 5.02. The van der Waals surface area contributed by atoms with Gasteiger partial charge in [0.2, 0.25) is 0 Å². The maximum Gasteiger partial charge on any atom is 0.0462 e. The van der Waals surface area contributed by atoms with E-state index in [4.69, 9.17) is 4.74 Å². The average Bonchev–Trinajstić information content (AvgIpc) is 2.95. The standard InChI is InChI=1S/C11H23NO/c1-12-11(10-7-8-10)6-4-3-5-9-13-2/h10-12H,3-9H2,1-2H3. The van der Waals surface area contributed by atoms with Gasteiger partial charge in [0.15, 0.2) is 0 Å². The topological polar surface area (TPSA) is 21.3 Å². The zero-order valence-corrected chi connectivity index (χ0v) is 9.01. The molecule has 1 atom stereocenters. The number of unbranched alkanes of at least 4 members (excludes halogenated alkanes) is 2. The van der Waals surface area contributed by atoms with Crippen LogP contribution in [0, 0.1) is 5.92 Å². The van der Waals surface area contributed by atoms with Gasteiger partial charge in [0.1, 0.15) is 0 Å². The van der Waals surface area contributed by atoms with E-state index < -0.39 is 0 Å². The van der Waals surface area contributed by atoms with E-state index >= 15 is 0 Å². The number of hydrogen-bond acceptors (Lipinski definition) is 2. The van der Waals surface area contributed by atoms with Gasteiger partial charge in [0.05, 0.1) is 0 Å². The molecule has 2 nitrogen and oxygen atoms in total. The smallest absolute Gasteiger partial charge is 0.0462 e. The van der Waals surface area contributed by atoms with E-state index in [1.807, 2.05) is 0 Å². The average molecular weight is 185 g/mol. The summed E-state index contributed by atoms with van der Waals surface area (Å²) in [6.07, 6.45) is 8.14. The van der Waals surface area contributed by atoms with Gasteiger partial charge in [0, 0.05) is 19.8 Å². The van der Waals surface area contributed by atoms with Gasteiger partial charge >= 0.3 is 0 Å². The molecule has 0 aromatic carbocycles. The van der Waals surface area contributed by atoms with Crippen molar-refractivity contribution in [2.45, 2.75) is 44.6 Å². The lowest BCUT2D eigenvalue weighted by molar-refractivity contribution is 0.191. The van der Waals surface area contributed by atoms with Crippen molar-refractivity contribution in [1.29, 1.82) is 0 Å². The Labute approximate surface area is 82.0 Å². The second kappa shape index (κ2) is 6.39. The summed E-state index contributed by atoms with van der Waals surface area (Å²) in [5.41, 5.74) is 0. The molecule has 1 aliphatic rings. The Morgan fingerprint density at radius 2 is 2.08 bits per heavy atom. The number of nitrogens with one attached hydrogen (secondary N) is 1. The summed E-state index contributed by atoms with van der Waals surface area (Å²) in [5, 5.41) is 3.42. The molecule has 0 aromatic rings. The van der Waals surface area contributed by atoms with Gasteiger partial charge in [0.25, 0.3) is 0 Å². The maximum absolute atomic E-state index is 5.02. The fraction of sp³-hybridized carbons (Fsp3) is 1.00. The first-order valence-electron chi connectivity index (χ1n) is 5.54. The van der Waals surface area contributed by atoms with Crippen LogP contribution in [0.1, 0.15) is 38.5 Å². The zero-order valence-electron chi connectivity index (χ0n) is 9.01. The Hall–Kier alpha value is -0.0800. The summed E-state index contributed by atoms with van der Waals surface area (Å²) in [5.74, 6) is 0.993. The summed E-state index contributed by atoms with van der Waals surface area (Å²) >= 11 is 0. The monoisotopic (exact) mass is 185 g/mol. The van der Waals surface area contributed by atoms with Gasteiger partial charge in [-0.1, -0.05) is 12.8 Å². The number of rotatable bonds is 8.